The summed E-state index contributed by atoms with van der Waals surface area (Å²) in [5.74, 6) is -0.283. The fourth-order valence-electron chi connectivity index (χ4n) is 1.70. The maximum absolute atomic E-state index is 12.1. The van der Waals surface area contributed by atoms with Gasteiger partial charge in [-0.05, 0) is 26.0 Å². The number of benzene rings is 1. The standard InChI is InChI=1S/C14H11ClO3S2/c1-7(16)14(8(2)17)20-12-6-10(18)13-9(15)4-3-5-11(13)19-12/h3-6,16H,1-2H3/b14-7-. The highest BCUT2D eigenvalue weighted by atomic mass is 35.5. The van der Waals surface area contributed by atoms with Crippen LogP contribution < -0.4 is 5.43 Å². The van der Waals surface area contributed by atoms with Crippen molar-refractivity contribution in [3.05, 3.63) is 50.2 Å². The van der Waals surface area contributed by atoms with Gasteiger partial charge in [0.05, 0.1) is 19.5 Å². The topological polar surface area (TPSA) is 54.4 Å². The summed E-state index contributed by atoms with van der Waals surface area (Å²) < 4.78 is 1.40. The number of allylic oxidation sites excluding steroid dienone is 2. The molecule has 20 heavy (non-hydrogen) atoms. The van der Waals surface area contributed by atoms with Crippen LogP contribution in [0.3, 0.4) is 0 Å². The van der Waals surface area contributed by atoms with E-state index in [9.17, 15) is 14.7 Å². The number of carbonyl (C=O) groups excluding carboxylic acids is 1. The van der Waals surface area contributed by atoms with Crippen molar-refractivity contribution in [2.45, 2.75) is 18.1 Å². The minimum Gasteiger partial charge on any atom is -0.511 e. The van der Waals surface area contributed by atoms with E-state index in [1.54, 1.807) is 18.2 Å². The SMILES string of the molecule is CC(=O)/C(Sc1cc(=O)c2c(Cl)cccc2s1)=C(\C)O. The van der Waals surface area contributed by atoms with E-state index in [0.717, 1.165) is 16.5 Å². The molecule has 0 spiro atoms. The molecule has 3 nitrogen and oxygen atoms in total. The van der Waals surface area contributed by atoms with E-state index in [-0.39, 0.29) is 21.9 Å². The molecule has 1 aromatic carbocycles. The Morgan fingerprint density at radius 3 is 2.65 bits per heavy atom. The number of Topliss-reactive ketones (excluding diaryl/α,β-unsaturated/α-hetero) is 1. The summed E-state index contributed by atoms with van der Waals surface area (Å²) in [5, 5.41) is 10.4. The van der Waals surface area contributed by atoms with Gasteiger partial charge >= 0.3 is 0 Å². The lowest BCUT2D eigenvalue weighted by atomic mass is 10.2. The van der Waals surface area contributed by atoms with Crippen molar-refractivity contribution in [1.82, 2.24) is 0 Å². The third-order valence-corrected chi connectivity index (χ3v) is 5.33. The van der Waals surface area contributed by atoms with E-state index in [0.29, 0.717) is 14.6 Å². The second kappa shape index (κ2) is 5.99. The summed E-state index contributed by atoms with van der Waals surface area (Å²) >= 11 is 8.47. The normalized spacial score (nSPS) is 12.3. The monoisotopic (exact) mass is 326 g/mol. The first kappa shape index (κ1) is 15.1. The predicted molar refractivity (Wildman–Crippen MR) is 85.0 cm³/mol. The van der Waals surface area contributed by atoms with Crippen LogP contribution in [0.15, 0.2) is 43.9 Å². The lowest BCUT2D eigenvalue weighted by Gasteiger charge is -2.05. The minimum absolute atomic E-state index is 0.0478. The zero-order valence-corrected chi connectivity index (χ0v) is 13.2. The molecule has 0 saturated heterocycles. The molecular weight excluding hydrogens is 316 g/mol. The van der Waals surface area contributed by atoms with Crippen LogP contribution >= 0.6 is 34.7 Å². The Kier molecular flexibility index (Phi) is 4.52. The Balaban J connectivity index is 2.56. The Labute approximate surface area is 128 Å². The van der Waals surface area contributed by atoms with Crippen LogP contribution in [-0.2, 0) is 4.79 Å². The van der Waals surface area contributed by atoms with Crippen LogP contribution in [0.25, 0.3) is 10.1 Å². The van der Waals surface area contributed by atoms with Crippen molar-refractivity contribution in [3.63, 3.8) is 0 Å². The third-order valence-electron chi connectivity index (χ3n) is 2.53. The molecule has 0 atom stereocenters. The zero-order valence-electron chi connectivity index (χ0n) is 10.8. The summed E-state index contributed by atoms with van der Waals surface area (Å²) in [5.41, 5.74) is -0.189. The highest BCUT2D eigenvalue weighted by Gasteiger charge is 2.13. The quantitative estimate of drug-likeness (QED) is 0.516. The van der Waals surface area contributed by atoms with Crippen molar-refractivity contribution < 1.29 is 9.90 Å². The van der Waals surface area contributed by atoms with Crippen molar-refractivity contribution in [1.29, 1.82) is 0 Å². The molecule has 0 amide bonds. The number of aliphatic hydroxyl groups excluding tert-OH is 1. The van der Waals surface area contributed by atoms with Gasteiger partial charge in [0, 0.05) is 10.8 Å². The van der Waals surface area contributed by atoms with Crippen molar-refractivity contribution in [2.24, 2.45) is 0 Å². The summed E-state index contributed by atoms with van der Waals surface area (Å²) in [7, 11) is 0. The molecule has 1 N–H and O–H groups in total. The van der Waals surface area contributed by atoms with E-state index in [4.69, 9.17) is 11.6 Å². The van der Waals surface area contributed by atoms with E-state index in [1.165, 1.54) is 31.3 Å². The second-order valence-corrected chi connectivity index (χ2v) is 6.92. The van der Waals surface area contributed by atoms with Gasteiger partial charge in [-0.25, -0.2) is 0 Å². The molecule has 104 valence electrons. The van der Waals surface area contributed by atoms with Gasteiger partial charge in [-0.2, -0.15) is 0 Å². The maximum atomic E-state index is 12.1. The van der Waals surface area contributed by atoms with Gasteiger partial charge in [-0.3, -0.25) is 9.59 Å². The van der Waals surface area contributed by atoms with Crippen LogP contribution in [0.1, 0.15) is 13.8 Å². The molecule has 2 aromatic rings. The number of hydrogen-bond donors (Lipinski definition) is 1. The second-order valence-electron chi connectivity index (χ2n) is 4.12. The first-order valence-corrected chi connectivity index (χ1v) is 7.72. The lowest BCUT2D eigenvalue weighted by molar-refractivity contribution is -0.113. The lowest BCUT2D eigenvalue weighted by Crippen LogP contribution is -2.01. The smallest absolute Gasteiger partial charge is 0.190 e. The van der Waals surface area contributed by atoms with Gasteiger partial charge in [0.2, 0.25) is 0 Å². The third kappa shape index (κ3) is 3.06. The Bertz CT molecular complexity index is 774. The Hall–Kier alpha value is -1.30. The molecular formula is C14H11ClO3S2. The van der Waals surface area contributed by atoms with Gasteiger partial charge in [-0.15, -0.1) is 11.3 Å². The summed E-state index contributed by atoms with van der Waals surface area (Å²) in [6, 6.07) is 6.69. The van der Waals surface area contributed by atoms with Gasteiger partial charge in [-0.1, -0.05) is 29.4 Å². The summed E-state index contributed by atoms with van der Waals surface area (Å²) in [4.78, 5) is 23.8. The number of rotatable bonds is 3. The van der Waals surface area contributed by atoms with Crippen LogP contribution in [-0.4, -0.2) is 10.9 Å². The van der Waals surface area contributed by atoms with Crippen molar-refractivity contribution >= 4 is 50.6 Å². The maximum Gasteiger partial charge on any atom is 0.190 e. The van der Waals surface area contributed by atoms with Crippen molar-refractivity contribution in [2.75, 3.05) is 0 Å². The Morgan fingerprint density at radius 1 is 1.35 bits per heavy atom. The van der Waals surface area contributed by atoms with E-state index in [1.807, 2.05) is 0 Å². The molecule has 0 aliphatic heterocycles. The molecule has 2 rings (SSSR count). The van der Waals surface area contributed by atoms with E-state index in [2.05, 4.69) is 0 Å². The molecule has 0 radical (unpaired) electrons. The minimum atomic E-state index is -0.235. The average molecular weight is 327 g/mol. The first-order chi connectivity index (χ1) is 9.40. The number of fused-ring (bicyclic) bond motifs is 1. The molecule has 0 saturated carbocycles. The van der Waals surface area contributed by atoms with Gasteiger partial charge < -0.3 is 5.11 Å². The van der Waals surface area contributed by atoms with Gasteiger partial charge in [0.25, 0.3) is 0 Å². The highest BCUT2D eigenvalue weighted by Crippen LogP contribution is 2.35. The molecule has 6 heteroatoms. The van der Waals surface area contributed by atoms with Crippen molar-refractivity contribution in [3.8, 4) is 0 Å². The van der Waals surface area contributed by atoms with Gasteiger partial charge in [0.15, 0.2) is 11.2 Å². The largest absolute Gasteiger partial charge is 0.511 e. The van der Waals surface area contributed by atoms with Crippen LogP contribution in [0.5, 0.6) is 0 Å². The molecule has 1 heterocycles. The van der Waals surface area contributed by atoms with E-state index >= 15 is 0 Å². The molecule has 0 aliphatic rings. The zero-order chi connectivity index (χ0) is 14.9. The molecule has 0 fully saturated rings. The van der Waals surface area contributed by atoms with Crippen LogP contribution in [0, 0.1) is 0 Å². The van der Waals surface area contributed by atoms with E-state index < -0.39 is 0 Å². The fraction of sp³-hybridized carbons (Fsp3) is 0.143. The first-order valence-electron chi connectivity index (χ1n) is 5.71. The van der Waals surface area contributed by atoms with Gasteiger partial charge in [0.1, 0.15) is 5.76 Å². The molecule has 0 aliphatic carbocycles. The number of carbonyl (C=O) groups is 1. The number of halogens is 1. The summed E-state index contributed by atoms with van der Waals surface area (Å²) in [6.07, 6.45) is 0. The number of ketones is 1. The fourth-order valence-corrected chi connectivity index (χ4v) is 4.21. The summed E-state index contributed by atoms with van der Waals surface area (Å²) in [6.45, 7) is 2.83. The Morgan fingerprint density at radius 2 is 2.05 bits per heavy atom. The average Bonchev–Trinajstić information content (AvgIpc) is 2.34. The number of aliphatic hydroxyl groups is 1. The predicted octanol–water partition coefficient (Wildman–Crippen LogP) is 4.39. The van der Waals surface area contributed by atoms with Crippen LogP contribution in [0.4, 0.5) is 0 Å². The number of hydrogen-bond acceptors (Lipinski definition) is 5. The van der Waals surface area contributed by atoms with Crippen LogP contribution in [0.2, 0.25) is 5.02 Å². The highest BCUT2D eigenvalue weighted by molar-refractivity contribution is 8.05. The molecule has 0 unspecified atom stereocenters. The number of thioether (sulfide) groups is 1. The molecule has 0 bridgehead atoms. The molecule has 1 aromatic heterocycles.